The number of hydrogen-bond donors (Lipinski definition) is 4. The maximum Gasteiger partial charge on any atom is 0.195 e. The maximum atomic E-state index is 7.27. The highest BCUT2D eigenvalue weighted by Gasteiger charge is 2.09. The zero-order chi connectivity index (χ0) is 11.4. The number of nitrogens with zero attached hydrogens (tertiary/aromatic N) is 1. The predicted molar refractivity (Wildman–Crippen MR) is 60.6 cm³/mol. The Bertz CT molecular complexity index is 371. The molecule has 0 aliphatic carbocycles. The Balaban J connectivity index is 2.83. The molecule has 1 aromatic rings. The minimum Gasteiger partial charge on any atom is -0.370 e. The molecule has 1 aromatic carbocycles. The smallest absolute Gasteiger partial charge is 0.195 e. The fraction of sp³-hybridized carbons (Fsp3) is 0.200. The van der Waals surface area contributed by atoms with Gasteiger partial charge in [0.1, 0.15) is 0 Å². The van der Waals surface area contributed by atoms with Gasteiger partial charge in [-0.2, -0.15) is 0 Å². The Hall–Kier alpha value is -2.04. The fourth-order valence-electron chi connectivity index (χ4n) is 1.29. The van der Waals surface area contributed by atoms with E-state index in [1.54, 1.807) is 0 Å². The number of rotatable bonds is 2. The number of nitrogens with one attached hydrogen (secondary N) is 2. The molecule has 6 N–H and O–H groups in total. The molecular weight excluding hydrogens is 190 g/mol. The molecule has 0 spiro atoms. The molecule has 0 aliphatic rings. The number of aryl methyl sites for hydroxylation is 1. The first-order valence-corrected chi connectivity index (χ1v) is 4.52. The van der Waals surface area contributed by atoms with Crippen molar-refractivity contribution in [2.45, 2.75) is 13.5 Å². The third-order valence-corrected chi connectivity index (χ3v) is 2.00. The van der Waals surface area contributed by atoms with Gasteiger partial charge in [0.05, 0.1) is 6.54 Å². The van der Waals surface area contributed by atoms with Crippen LogP contribution in [0.3, 0.4) is 0 Å². The van der Waals surface area contributed by atoms with Crippen molar-refractivity contribution >= 4 is 11.9 Å². The molecule has 5 heteroatoms. The second-order valence-electron chi connectivity index (χ2n) is 3.35. The molecule has 5 nitrogen and oxygen atoms in total. The summed E-state index contributed by atoms with van der Waals surface area (Å²) < 4.78 is 0. The van der Waals surface area contributed by atoms with Crippen molar-refractivity contribution in [1.29, 1.82) is 10.8 Å². The molecule has 0 fully saturated rings. The van der Waals surface area contributed by atoms with Gasteiger partial charge in [0, 0.05) is 0 Å². The molecule has 0 unspecified atom stereocenters. The summed E-state index contributed by atoms with van der Waals surface area (Å²) in [6, 6.07) is 7.78. The van der Waals surface area contributed by atoms with E-state index in [9.17, 15) is 0 Å². The van der Waals surface area contributed by atoms with Gasteiger partial charge in [-0.15, -0.1) is 0 Å². The predicted octanol–water partition coefficient (Wildman–Crippen LogP) is 0.584. The van der Waals surface area contributed by atoms with E-state index >= 15 is 0 Å². The van der Waals surface area contributed by atoms with Gasteiger partial charge in [-0.05, 0) is 12.5 Å². The van der Waals surface area contributed by atoms with Crippen LogP contribution >= 0.6 is 0 Å². The van der Waals surface area contributed by atoms with Crippen LogP contribution in [-0.2, 0) is 6.54 Å². The minimum absolute atomic E-state index is 0.219. The first kappa shape index (κ1) is 11.0. The van der Waals surface area contributed by atoms with Crippen molar-refractivity contribution in [3.05, 3.63) is 35.4 Å². The lowest BCUT2D eigenvalue weighted by molar-refractivity contribution is 0.581. The van der Waals surface area contributed by atoms with Crippen LogP contribution in [0, 0.1) is 17.7 Å². The average Bonchev–Trinajstić information content (AvgIpc) is 2.13. The monoisotopic (exact) mass is 205 g/mol. The van der Waals surface area contributed by atoms with Gasteiger partial charge in [0.2, 0.25) is 0 Å². The lowest BCUT2D eigenvalue weighted by Crippen LogP contribution is -2.44. The quantitative estimate of drug-likeness (QED) is 0.419. The molecule has 80 valence electrons. The Labute approximate surface area is 88.7 Å². The van der Waals surface area contributed by atoms with Crippen LogP contribution in [-0.4, -0.2) is 16.8 Å². The van der Waals surface area contributed by atoms with E-state index in [1.807, 2.05) is 31.2 Å². The van der Waals surface area contributed by atoms with Gasteiger partial charge >= 0.3 is 0 Å². The van der Waals surface area contributed by atoms with E-state index < -0.39 is 0 Å². The van der Waals surface area contributed by atoms with Crippen LogP contribution in [0.25, 0.3) is 0 Å². The Morgan fingerprint density at radius 1 is 1.27 bits per heavy atom. The summed E-state index contributed by atoms with van der Waals surface area (Å²) in [5, 5.41) is 14.5. The molecule has 0 radical (unpaired) electrons. The van der Waals surface area contributed by atoms with Crippen LogP contribution in [0.1, 0.15) is 11.1 Å². The van der Waals surface area contributed by atoms with Crippen molar-refractivity contribution in [3.63, 3.8) is 0 Å². The summed E-state index contributed by atoms with van der Waals surface area (Å²) in [5.41, 5.74) is 12.7. The molecule has 0 saturated heterocycles. The normalized spacial score (nSPS) is 9.67. The summed E-state index contributed by atoms with van der Waals surface area (Å²) in [5.74, 6) is -0.437. The van der Waals surface area contributed by atoms with Gasteiger partial charge in [-0.3, -0.25) is 15.7 Å². The van der Waals surface area contributed by atoms with Gasteiger partial charge in [0.25, 0.3) is 0 Å². The van der Waals surface area contributed by atoms with Crippen molar-refractivity contribution in [3.8, 4) is 0 Å². The van der Waals surface area contributed by atoms with Gasteiger partial charge < -0.3 is 11.5 Å². The minimum atomic E-state index is -0.219. The summed E-state index contributed by atoms with van der Waals surface area (Å²) in [6.45, 7) is 2.34. The summed E-state index contributed by atoms with van der Waals surface area (Å²) in [4.78, 5) is 1.23. The molecular formula is C10H15N5. The second kappa shape index (κ2) is 4.45. The van der Waals surface area contributed by atoms with Crippen LogP contribution < -0.4 is 11.5 Å². The van der Waals surface area contributed by atoms with Crippen molar-refractivity contribution in [1.82, 2.24) is 4.90 Å². The summed E-state index contributed by atoms with van der Waals surface area (Å²) in [6.07, 6.45) is 0. The zero-order valence-corrected chi connectivity index (χ0v) is 8.62. The van der Waals surface area contributed by atoms with Crippen LogP contribution in [0.5, 0.6) is 0 Å². The standard InChI is InChI=1S/C10H15N5/c1-7-3-2-4-8(5-7)6-15(9(11)12)10(13)14/h2-5H,6H2,1H3,(H3,11,12)(H3,13,14). The molecule has 0 aliphatic heterocycles. The third kappa shape index (κ3) is 2.98. The van der Waals surface area contributed by atoms with E-state index in [0.717, 1.165) is 11.1 Å². The number of hydrogen-bond acceptors (Lipinski definition) is 2. The zero-order valence-electron chi connectivity index (χ0n) is 8.62. The van der Waals surface area contributed by atoms with Crippen molar-refractivity contribution in [2.24, 2.45) is 11.5 Å². The van der Waals surface area contributed by atoms with E-state index in [-0.39, 0.29) is 11.9 Å². The Kier molecular flexibility index (Phi) is 3.28. The number of guanidine groups is 2. The third-order valence-electron chi connectivity index (χ3n) is 2.00. The van der Waals surface area contributed by atoms with Gasteiger partial charge in [-0.25, -0.2) is 0 Å². The molecule has 0 heterocycles. The highest BCUT2D eigenvalue weighted by molar-refractivity contribution is 5.94. The van der Waals surface area contributed by atoms with E-state index in [4.69, 9.17) is 22.3 Å². The molecule has 0 aromatic heterocycles. The Morgan fingerprint density at radius 2 is 1.87 bits per heavy atom. The SMILES string of the molecule is Cc1cccc(CN(C(=N)N)C(=N)N)c1. The number of benzene rings is 1. The van der Waals surface area contributed by atoms with E-state index in [2.05, 4.69) is 0 Å². The molecule has 15 heavy (non-hydrogen) atoms. The maximum absolute atomic E-state index is 7.27. The molecule has 0 saturated carbocycles. The highest BCUT2D eigenvalue weighted by Crippen LogP contribution is 2.06. The van der Waals surface area contributed by atoms with Crippen molar-refractivity contribution in [2.75, 3.05) is 0 Å². The average molecular weight is 205 g/mol. The second-order valence-corrected chi connectivity index (χ2v) is 3.35. The number of nitrogens with two attached hydrogens (primary N) is 2. The molecule has 0 amide bonds. The van der Waals surface area contributed by atoms with Crippen LogP contribution in [0.15, 0.2) is 24.3 Å². The van der Waals surface area contributed by atoms with E-state index in [1.165, 1.54) is 4.90 Å². The Morgan fingerprint density at radius 3 is 2.33 bits per heavy atom. The van der Waals surface area contributed by atoms with Crippen LogP contribution in [0.2, 0.25) is 0 Å². The molecule has 1 rings (SSSR count). The first-order valence-electron chi connectivity index (χ1n) is 4.52. The first-order chi connectivity index (χ1) is 7.00. The lowest BCUT2D eigenvalue weighted by atomic mass is 10.1. The molecule has 0 atom stereocenters. The van der Waals surface area contributed by atoms with E-state index in [0.29, 0.717) is 6.54 Å². The van der Waals surface area contributed by atoms with Gasteiger partial charge in [-0.1, -0.05) is 29.8 Å². The highest BCUT2D eigenvalue weighted by atomic mass is 15.3. The molecule has 0 bridgehead atoms. The van der Waals surface area contributed by atoms with Crippen LogP contribution in [0.4, 0.5) is 0 Å². The largest absolute Gasteiger partial charge is 0.370 e. The fourth-order valence-corrected chi connectivity index (χ4v) is 1.29. The van der Waals surface area contributed by atoms with Gasteiger partial charge in [0.15, 0.2) is 11.9 Å². The summed E-state index contributed by atoms with van der Waals surface area (Å²) in [7, 11) is 0. The lowest BCUT2D eigenvalue weighted by Gasteiger charge is -2.20. The topological polar surface area (TPSA) is 103 Å². The summed E-state index contributed by atoms with van der Waals surface area (Å²) >= 11 is 0. The van der Waals surface area contributed by atoms with Crippen molar-refractivity contribution < 1.29 is 0 Å².